The molecule has 158 valence electrons. The fourth-order valence-corrected chi connectivity index (χ4v) is 3.54. The van der Waals surface area contributed by atoms with Gasteiger partial charge in [0.1, 0.15) is 0 Å². The third kappa shape index (κ3) is 5.11. The van der Waals surface area contributed by atoms with Gasteiger partial charge in [0.15, 0.2) is 0 Å². The number of benzene rings is 3. The van der Waals surface area contributed by atoms with Gasteiger partial charge in [0.05, 0.1) is 21.5 Å². The van der Waals surface area contributed by atoms with Crippen molar-refractivity contribution in [3.63, 3.8) is 0 Å². The fraction of sp³-hybridized carbons (Fsp3) is 0.174. The van der Waals surface area contributed by atoms with E-state index in [1.807, 2.05) is 60.7 Å². The average Bonchev–Trinajstić information content (AvgIpc) is 2.77. The number of non-ortho nitro benzene ring substituents is 1. The van der Waals surface area contributed by atoms with Crippen molar-refractivity contribution in [1.82, 2.24) is 5.32 Å². The van der Waals surface area contributed by atoms with Crippen LogP contribution in [0.1, 0.15) is 39.4 Å². The topological polar surface area (TPSA) is 115 Å². The summed E-state index contributed by atoms with van der Waals surface area (Å²) in [6, 6.07) is 21.7. The van der Waals surface area contributed by atoms with E-state index in [1.54, 1.807) is 0 Å². The highest BCUT2D eigenvalue weighted by Crippen LogP contribution is 2.29. The number of rotatable bonds is 8. The predicted octanol–water partition coefficient (Wildman–Crippen LogP) is 4.76. The summed E-state index contributed by atoms with van der Waals surface area (Å²) in [5.74, 6) is -0.535. The zero-order chi connectivity index (χ0) is 22.4. The zero-order valence-corrected chi connectivity index (χ0v) is 16.9. The third-order valence-electron chi connectivity index (χ3n) is 5.14. The molecule has 0 aromatic heterocycles. The molecule has 3 rings (SSSR count). The summed E-state index contributed by atoms with van der Waals surface area (Å²) in [5, 5.41) is 25.1. The van der Waals surface area contributed by atoms with Crippen molar-refractivity contribution in [3.8, 4) is 0 Å². The Kier molecular flexibility index (Phi) is 6.71. The second kappa shape index (κ2) is 9.62. The second-order valence-electron chi connectivity index (χ2n) is 7.07. The number of amides is 1. The molecule has 0 unspecified atom stereocenters. The average molecular weight is 419 g/mol. The largest absolute Gasteiger partial charge is 0.352 e. The van der Waals surface area contributed by atoms with Gasteiger partial charge in [-0.05, 0) is 24.5 Å². The number of nitro benzene ring substituents is 2. The highest BCUT2D eigenvalue weighted by molar-refractivity contribution is 5.97. The van der Waals surface area contributed by atoms with Crippen molar-refractivity contribution in [2.75, 3.05) is 6.54 Å². The van der Waals surface area contributed by atoms with Crippen LogP contribution >= 0.6 is 0 Å². The van der Waals surface area contributed by atoms with Crippen LogP contribution < -0.4 is 5.32 Å². The molecule has 0 saturated carbocycles. The van der Waals surface area contributed by atoms with Gasteiger partial charge in [0, 0.05) is 24.1 Å². The summed E-state index contributed by atoms with van der Waals surface area (Å²) in [6.07, 6.45) is 0.593. The molecule has 0 fully saturated rings. The molecule has 8 heteroatoms. The van der Waals surface area contributed by atoms with Gasteiger partial charge in [-0.1, -0.05) is 60.7 Å². The van der Waals surface area contributed by atoms with E-state index < -0.39 is 27.1 Å². The van der Waals surface area contributed by atoms with Crippen molar-refractivity contribution < 1.29 is 14.6 Å². The molecule has 0 aliphatic heterocycles. The van der Waals surface area contributed by atoms with Crippen LogP contribution in [0.15, 0.2) is 72.8 Å². The number of nitrogens with one attached hydrogen (secondary N) is 1. The van der Waals surface area contributed by atoms with Gasteiger partial charge in [-0.15, -0.1) is 0 Å². The van der Waals surface area contributed by atoms with Crippen molar-refractivity contribution in [2.24, 2.45) is 0 Å². The summed E-state index contributed by atoms with van der Waals surface area (Å²) >= 11 is 0. The Morgan fingerprint density at radius 1 is 0.903 bits per heavy atom. The highest BCUT2D eigenvalue weighted by Gasteiger charge is 2.25. The van der Waals surface area contributed by atoms with E-state index in [4.69, 9.17) is 0 Å². The molecule has 3 aromatic rings. The fourth-order valence-electron chi connectivity index (χ4n) is 3.54. The minimum atomic E-state index is -0.746. The molecule has 0 aliphatic carbocycles. The first-order valence-electron chi connectivity index (χ1n) is 9.70. The first-order chi connectivity index (χ1) is 14.9. The molecule has 0 atom stereocenters. The minimum absolute atomic E-state index is 0.0447. The van der Waals surface area contributed by atoms with E-state index in [-0.39, 0.29) is 17.0 Å². The SMILES string of the molecule is Cc1c(C(=O)NCCC(c2ccccc2)c2ccccc2)cc([N+](=O)[O-])cc1[N+](=O)[O-]. The molecule has 0 bridgehead atoms. The maximum absolute atomic E-state index is 12.7. The summed E-state index contributed by atoms with van der Waals surface area (Å²) in [4.78, 5) is 33.6. The van der Waals surface area contributed by atoms with E-state index in [9.17, 15) is 25.0 Å². The smallest absolute Gasteiger partial charge is 0.279 e. The van der Waals surface area contributed by atoms with Crippen LogP contribution in [0, 0.1) is 27.2 Å². The Labute approximate surface area is 178 Å². The van der Waals surface area contributed by atoms with Gasteiger partial charge in [0.2, 0.25) is 0 Å². The Morgan fingerprint density at radius 3 is 1.94 bits per heavy atom. The van der Waals surface area contributed by atoms with Crippen LogP contribution in [-0.4, -0.2) is 22.3 Å². The van der Waals surface area contributed by atoms with Crippen LogP contribution in [0.5, 0.6) is 0 Å². The molecule has 1 N–H and O–H groups in total. The molecule has 1 amide bonds. The number of nitro groups is 2. The highest BCUT2D eigenvalue weighted by atomic mass is 16.6. The van der Waals surface area contributed by atoms with E-state index in [0.717, 1.165) is 23.3 Å². The van der Waals surface area contributed by atoms with Crippen molar-refractivity contribution in [3.05, 3.63) is 115 Å². The molecule has 3 aromatic carbocycles. The second-order valence-corrected chi connectivity index (χ2v) is 7.07. The molecule has 0 heterocycles. The summed E-state index contributed by atoms with van der Waals surface area (Å²) in [5.41, 5.74) is 1.28. The monoisotopic (exact) mass is 419 g/mol. The molecule has 31 heavy (non-hydrogen) atoms. The number of carbonyl (C=O) groups is 1. The Bertz CT molecular complexity index is 1060. The number of hydrogen-bond donors (Lipinski definition) is 1. The zero-order valence-electron chi connectivity index (χ0n) is 16.9. The lowest BCUT2D eigenvalue weighted by molar-refractivity contribution is -0.394. The Hall–Kier alpha value is -4.07. The molecule has 8 nitrogen and oxygen atoms in total. The Morgan fingerprint density at radius 2 is 1.45 bits per heavy atom. The van der Waals surface area contributed by atoms with Gasteiger partial charge >= 0.3 is 0 Å². The van der Waals surface area contributed by atoms with Gasteiger partial charge in [-0.25, -0.2) is 0 Å². The van der Waals surface area contributed by atoms with Crippen LogP contribution in [0.4, 0.5) is 11.4 Å². The summed E-state index contributed by atoms with van der Waals surface area (Å²) in [6.45, 7) is 1.71. The normalized spacial score (nSPS) is 10.6. The predicted molar refractivity (Wildman–Crippen MR) is 116 cm³/mol. The Balaban J connectivity index is 1.80. The standard InChI is InChI=1S/C23H21N3O5/c1-16-21(14-19(25(28)29)15-22(16)26(30)31)23(27)24-13-12-20(17-8-4-2-5-9-17)18-10-6-3-7-11-18/h2-11,14-15,20H,12-13H2,1H3,(H,24,27). The number of carbonyl (C=O) groups excluding carboxylic acids is 1. The minimum Gasteiger partial charge on any atom is -0.352 e. The van der Waals surface area contributed by atoms with Crippen molar-refractivity contribution in [2.45, 2.75) is 19.3 Å². The van der Waals surface area contributed by atoms with Gasteiger partial charge in [-0.3, -0.25) is 25.0 Å². The van der Waals surface area contributed by atoms with E-state index in [2.05, 4.69) is 5.32 Å². The van der Waals surface area contributed by atoms with Crippen LogP contribution in [0.25, 0.3) is 0 Å². The van der Waals surface area contributed by atoms with Gasteiger partial charge < -0.3 is 5.32 Å². The molecular weight excluding hydrogens is 398 g/mol. The molecule has 0 spiro atoms. The van der Waals surface area contributed by atoms with E-state index >= 15 is 0 Å². The van der Waals surface area contributed by atoms with E-state index in [0.29, 0.717) is 13.0 Å². The third-order valence-corrected chi connectivity index (χ3v) is 5.14. The summed E-state index contributed by atoms with van der Waals surface area (Å²) < 4.78 is 0. The van der Waals surface area contributed by atoms with E-state index in [1.165, 1.54) is 6.92 Å². The van der Waals surface area contributed by atoms with Gasteiger partial charge in [-0.2, -0.15) is 0 Å². The molecule has 0 aliphatic rings. The number of nitrogens with zero attached hydrogens (tertiary/aromatic N) is 2. The van der Waals surface area contributed by atoms with Gasteiger partial charge in [0.25, 0.3) is 17.3 Å². The number of hydrogen-bond acceptors (Lipinski definition) is 5. The lowest BCUT2D eigenvalue weighted by Gasteiger charge is -2.18. The van der Waals surface area contributed by atoms with Crippen LogP contribution in [0.2, 0.25) is 0 Å². The maximum atomic E-state index is 12.7. The molecular formula is C23H21N3O5. The lowest BCUT2D eigenvalue weighted by Crippen LogP contribution is -2.27. The van der Waals surface area contributed by atoms with Crippen molar-refractivity contribution in [1.29, 1.82) is 0 Å². The molecule has 0 saturated heterocycles. The quantitative estimate of drug-likeness (QED) is 0.417. The van der Waals surface area contributed by atoms with Crippen molar-refractivity contribution >= 4 is 17.3 Å². The first-order valence-corrected chi connectivity index (χ1v) is 9.70. The maximum Gasteiger partial charge on any atom is 0.279 e. The molecule has 0 radical (unpaired) electrons. The summed E-state index contributed by atoms with van der Waals surface area (Å²) in [7, 11) is 0. The lowest BCUT2D eigenvalue weighted by atomic mass is 9.88. The first kappa shape index (κ1) is 21.6. The van der Waals surface area contributed by atoms with Crippen LogP contribution in [-0.2, 0) is 0 Å². The van der Waals surface area contributed by atoms with Crippen LogP contribution in [0.3, 0.4) is 0 Å².